The lowest BCUT2D eigenvalue weighted by Gasteiger charge is -2.12. The molecule has 0 bridgehead atoms. The Labute approximate surface area is 123 Å². The first-order chi connectivity index (χ1) is 10.1. The van der Waals surface area contributed by atoms with Crippen molar-refractivity contribution in [2.75, 3.05) is 25.6 Å². The Morgan fingerprint density at radius 2 is 2.19 bits per heavy atom. The van der Waals surface area contributed by atoms with Crippen LogP contribution in [-0.2, 0) is 14.3 Å². The van der Waals surface area contributed by atoms with Gasteiger partial charge in [-0.15, -0.1) is 0 Å². The standard InChI is InChI=1S/C15H20N2O4/c1-10-5-6-13(20-2)12(8-10)17-15(19)14(18)16-9-11-4-3-7-21-11/h5-6,8,11H,3-4,7,9H2,1-2H3,(H,16,18)(H,17,19)/t11-/m1/s1. The number of hydrogen-bond donors (Lipinski definition) is 2. The maximum absolute atomic E-state index is 11.9. The van der Waals surface area contributed by atoms with Gasteiger partial charge in [-0.25, -0.2) is 0 Å². The molecule has 1 aromatic carbocycles. The first-order valence-electron chi connectivity index (χ1n) is 6.95. The molecule has 21 heavy (non-hydrogen) atoms. The van der Waals surface area contributed by atoms with Crippen LogP contribution in [0.15, 0.2) is 18.2 Å². The largest absolute Gasteiger partial charge is 0.495 e. The number of carbonyl (C=O) groups excluding carboxylic acids is 2. The van der Waals surface area contributed by atoms with Crippen molar-refractivity contribution in [1.82, 2.24) is 5.32 Å². The van der Waals surface area contributed by atoms with E-state index in [2.05, 4.69) is 10.6 Å². The highest BCUT2D eigenvalue weighted by Crippen LogP contribution is 2.24. The predicted octanol–water partition coefficient (Wildman–Crippen LogP) is 1.24. The van der Waals surface area contributed by atoms with Crippen molar-refractivity contribution in [3.63, 3.8) is 0 Å². The highest BCUT2D eigenvalue weighted by Gasteiger charge is 2.20. The quantitative estimate of drug-likeness (QED) is 0.819. The van der Waals surface area contributed by atoms with Gasteiger partial charge in [0.2, 0.25) is 0 Å². The summed E-state index contributed by atoms with van der Waals surface area (Å²) in [6.45, 7) is 2.97. The number of anilines is 1. The van der Waals surface area contributed by atoms with E-state index in [9.17, 15) is 9.59 Å². The SMILES string of the molecule is COc1ccc(C)cc1NC(=O)C(=O)NC[C@H]1CCCO1. The molecule has 0 unspecified atom stereocenters. The van der Waals surface area contributed by atoms with Crippen molar-refractivity contribution in [2.45, 2.75) is 25.9 Å². The Bertz CT molecular complexity index is 524. The number of ether oxygens (including phenoxy) is 2. The first kappa shape index (κ1) is 15.3. The van der Waals surface area contributed by atoms with Gasteiger partial charge in [0.1, 0.15) is 5.75 Å². The van der Waals surface area contributed by atoms with E-state index in [1.807, 2.05) is 13.0 Å². The van der Waals surface area contributed by atoms with Crippen molar-refractivity contribution < 1.29 is 19.1 Å². The summed E-state index contributed by atoms with van der Waals surface area (Å²) >= 11 is 0. The second-order valence-electron chi connectivity index (χ2n) is 5.00. The fourth-order valence-corrected chi connectivity index (χ4v) is 2.19. The van der Waals surface area contributed by atoms with Crippen LogP contribution in [0.3, 0.4) is 0 Å². The number of hydrogen-bond acceptors (Lipinski definition) is 4. The van der Waals surface area contributed by atoms with Crippen LogP contribution in [0.25, 0.3) is 0 Å². The highest BCUT2D eigenvalue weighted by molar-refractivity contribution is 6.39. The topological polar surface area (TPSA) is 76.7 Å². The van der Waals surface area contributed by atoms with Crippen LogP contribution in [0.1, 0.15) is 18.4 Å². The van der Waals surface area contributed by atoms with E-state index >= 15 is 0 Å². The minimum absolute atomic E-state index is 0.00950. The minimum Gasteiger partial charge on any atom is -0.495 e. The molecule has 1 aliphatic heterocycles. The molecule has 1 aliphatic rings. The van der Waals surface area contributed by atoms with Crippen LogP contribution in [0.4, 0.5) is 5.69 Å². The van der Waals surface area contributed by atoms with Crippen molar-refractivity contribution >= 4 is 17.5 Å². The molecule has 2 rings (SSSR count). The van der Waals surface area contributed by atoms with Gasteiger partial charge in [0.15, 0.2) is 0 Å². The van der Waals surface area contributed by atoms with Gasteiger partial charge < -0.3 is 20.1 Å². The molecule has 114 valence electrons. The van der Waals surface area contributed by atoms with Crippen LogP contribution >= 0.6 is 0 Å². The van der Waals surface area contributed by atoms with E-state index < -0.39 is 11.8 Å². The molecule has 0 saturated carbocycles. The third-order valence-corrected chi connectivity index (χ3v) is 3.32. The Kier molecular flexibility index (Phi) is 5.16. The Morgan fingerprint density at radius 1 is 1.38 bits per heavy atom. The smallest absolute Gasteiger partial charge is 0.313 e. The Hall–Kier alpha value is -2.08. The molecule has 6 heteroatoms. The molecule has 1 fully saturated rings. The summed E-state index contributed by atoms with van der Waals surface area (Å²) in [5.74, 6) is -0.869. The Balaban J connectivity index is 1.90. The summed E-state index contributed by atoms with van der Waals surface area (Å²) in [4.78, 5) is 23.6. The lowest BCUT2D eigenvalue weighted by atomic mass is 10.2. The minimum atomic E-state index is -0.711. The summed E-state index contributed by atoms with van der Waals surface area (Å²) in [5.41, 5.74) is 1.45. The molecule has 0 aliphatic carbocycles. The molecule has 1 aromatic rings. The van der Waals surface area contributed by atoms with Gasteiger partial charge in [0.25, 0.3) is 0 Å². The fourth-order valence-electron chi connectivity index (χ4n) is 2.19. The molecule has 2 amide bonds. The second kappa shape index (κ2) is 7.08. The second-order valence-corrected chi connectivity index (χ2v) is 5.00. The average molecular weight is 292 g/mol. The lowest BCUT2D eigenvalue weighted by Crippen LogP contribution is -2.39. The van der Waals surface area contributed by atoms with Gasteiger partial charge in [-0.3, -0.25) is 9.59 Å². The number of carbonyl (C=O) groups is 2. The normalized spacial score (nSPS) is 17.3. The summed E-state index contributed by atoms with van der Waals surface area (Å²) in [6.07, 6.45) is 1.91. The Morgan fingerprint density at radius 3 is 2.86 bits per heavy atom. The molecule has 1 atom stereocenters. The molecule has 6 nitrogen and oxygen atoms in total. The number of aryl methyl sites for hydroxylation is 1. The molecular formula is C15H20N2O4. The number of amides is 2. The highest BCUT2D eigenvalue weighted by atomic mass is 16.5. The molecule has 1 heterocycles. The summed E-state index contributed by atoms with van der Waals surface area (Å²) < 4.78 is 10.5. The van der Waals surface area contributed by atoms with Gasteiger partial charge in [0.05, 0.1) is 18.9 Å². The van der Waals surface area contributed by atoms with Crippen LogP contribution < -0.4 is 15.4 Å². The number of methoxy groups -OCH3 is 1. The van der Waals surface area contributed by atoms with Gasteiger partial charge in [-0.2, -0.15) is 0 Å². The van der Waals surface area contributed by atoms with Crippen molar-refractivity contribution in [2.24, 2.45) is 0 Å². The van der Waals surface area contributed by atoms with E-state index in [4.69, 9.17) is 9.47 Å². The zero-order chi connectivity index (χ0) is 15.2. The van der Waals surface area contributed by atoms with Crippen LogP contribution in [0.5, 0.6) is 5.75 Å². The first-order valence-corrected chi connectivity index (χ1v) is 6.95. The van der Waals surface area contributed by atoms with Gasteiger partial charge in [0, 0.05) is 13.2 Å². The van der Waals surface area contributed by atoms with Crippen LogP contribution in [0.2, 0.25) is 0 Å². The third kappa shape index (κ3) is 4.19. The van der Waals surface area contributed by atoms with Crippen LogP contribution in [0, 0.1) is 6.92 Å². The zero-order valence-electron chi connectivity index (χ0n) is 12.3. The maximum atomic E-state index is 11.9. The average Bonchev–Trinajstić information content (AvgIpc) is 2.98. The fraction of sp³-hybridized carbons (Fsp3) is 0.467. The molecular weight excluding hydrogens is 272 g/mol. The van der Waals surface area contributed by atoms with Gasteiger partial charge in [-0.1, -0.05) is 6.07 Å². The number of benzene rings is 1. The molecule has 2 N–H and O–H groups in total. The molecule has 0 radical (unpaired) electrons. The van der Waals surface area contributed by atoms with E-state index in [0.29, 0.717) is 24.6 Å². The molecule has 0 spiro atoms. The zero-order valence-corrected chi connectivity index (χ0v) is 12.3. The summed E-state index contributed by atoms with van der Waals surface area (Å²) in [7, 11) is 1.51. The van der Waals surface area contributed by atoms with E-state index in [1.54, 1.807) is 12.1 Å². The number of nitrogens with one attached hydrogen (secondary N) is 2. The predicted molar refractivity (Wildman–Crippen MR) is 78.3 cm³/mol. The third-order valence-electron chi connectivity index (χ3n) is 3.32. The van der Waals surface area contributed by atoms with E-state index in [0.717, 1.165) is 18.4 Å². The van der Waals surface area contributed by atoms with Crippen molar-refractivity contribution in [3.05, 3.63) is 23.8 Å². The van der Waals surface area contributed by atoms with E-state index in [1.165, 1.54) is 7.11 Å². The maximum Gasteiger partial charge on any atom is 0.313 e. The van der Waals surface area contributed by atoms with Gasteiger partial charge >= 0.3 is 11.8 Å². The van der Waals surface area contributed by atoms with Crippen molar-refractivity contribution in [1.29, 1.82) is 0 Å². The van der Waals surface area contributed by atoms with Crippen molar-refractivity contribution in [3.8, 4) is 5.75 Å². The summed E-state index contributed by atoms with van der Waals surface area (Å²) in [5, 5.41) is 5.14. The molecule has 0 aromatic heterocycles. The van der Waals surface area contributed by atoms with Gasteiger partial charge in [-0.05, 0) is 37.5 Å². The van der Waals surface area contributed by atoms with Crippen LogP contribution in [-0.4, -0.2) is 38.2 Å². The number of rotatable bonds is 4. The van der Waals surface area contributed by atoms with E-state index in [-0.39, 0.29) is 6.10 Å². The molecule has 1 saturated heterocycles. The summed E-state index contributed by atoms with van der Waals surface area (Å²) in [6, 6.07) is 5.37. The monoisotopic (exact) mass is 292 g/mol. The lowest BCUT2D eigenvalue weighted by molar-refractivity contribution is -0.136.